The lowest BCUT2D eigenvalue weighted by Crippen LogP contribution is -2.60. The van der Waals surface area contributed by atoms with Gasteiger partial charge in [-0.15, -0.1) is 0 Å². The number of carbonyl (C=O) groups is 2. The zero-order chi connectivity index (χ0) is 13.9. The van der Waals surface area contributed by atoms with E-state index in [2.05, 4.69) is 10.5 Å². The van der Waals surface area contributed by atoms with E-state index in [1.807, 2.05) is 0 Å². The number of rotatable bonds is 3. The Balaban J connectivity index is 3.01. The minimum absolute atomic E-state index is 0.131. The van der Waals surface area contributed by atoms with Gasteiger partial charge in [0.2, 0.25) is 11.8 Å². The van der Waals surface area contributed by atoms with Crippen molar-refractivity contribution in [1.82, 2.24) is 10.2 Å². The van der Waals surface area contributed by atoms with Crippen molar-refractivity contribution in [3.05, 3.63) is 0 Å². The van der Waals surface area contributed by atoms with Gasteiger partial charge in [0.1, 0.15) is 11.5 Å². The molecule has 4 N–H and O–H groups in total. The van der Waals surface area contributed by atoms with Crippen LogP contribution in [0.15, 0.2) is 5.16 Å². The molecule has 0 aliphatic carbocycles. The van der Waals surface area contributed by atoms with E-state index in [1.165, 1.54) is 4.90 Å². The summed E-state index contributed by atoms with van der Waals surface area (Å²) in [6.45, 7) is 5.91. The van der Waals surface area contributed by atoms with E-state index in [4.69, 9.17) is 10.9 Å². The molecule has 1 heterocycles. The number of nitrogens with two attached hydrogens (primary N) is 1. The zero-order valence-electron chi connectivity index (χ0n) is 10.9. The molecule has 18 heavy (non-hydrogen) atoms. The molecular formula is C11H20N4O3. The minimum atomic E-state index is -1.08. The normalized spacial score (nSPS) is 24.4. The maximum atomic E-state index is 12.5. The Morgan fingerprint density at radius 2 is 2.33 bits per heavy atom. The second kappa shape index (κ2) is 5.24. The van der Waals surface area contributed by atoms with Crippen LogP contribution in [-0.4, -0.2) is 46.9 Å². The molecule has 1 fully saturated rings. The fraction of sp³-hybridized carbons (Fsp3) is 0.727. The maximum Gasteiger partial charge on any atom is 0.242 e. The Hall–Kier alpha value is -1.79. The molecule has 0 aromatic carbocycles. The molecule has 2 amide bonds. The van der Waals surface area contributed by atoms with Crippen molar-refractivity contribution in [3.8, 4) is 0 Å². The molecule has 2 atom stereocenters. The van der Waals surface area contributed by atoms with E-state index in [0.717, 1.165) is 0 Å². The first-order chi connectivity index (χ1) is 8.38. The lowest BCUT2D eigenvalue weighted by Gasteiger charge is -2.38. The van der Waals surface area contributed by atoms with Crippen LogP contribution >= 0.6 is 0 Å². The number of nitrogens with zero attached hydrogens (tertiary/aromatic N) is 2. The van der Waals surface area contributed by atoms with Crippen molar-refractivity contribution in [2.24, 2.45) is 16.3 Å². The molecule has 1 aliphatic heterocycles. The van der Waals surface area contributed by atoms with Gasteiger partial charge in [0.05, 0.1) is 0 Å². The zero-order valence-corrected chi connectivity index (χ0v) is 10.9. The van der Waals surface area contributed by atoms with E-state index in [0.29, 0.717) is 19.5 Å². The Labute approximate surface area is 106 Å². The lowest BCUT2D eigenvalue weighted by atomic mass is 9.84. The Morgan fingerprint density at radius 3 is 2.83 bits per heavy atom. The second-order valence-electron chi connectivity index (χ2n) is 4.64. The van der Waals surface area contributed by atoms with Crippen molar-refractivity contribution in [2.75, 3.05) is 13.1 Å². The van der Waals surface area contributed by atoms with Crippen molar-refractivity contribution in [1.29, 1.82) is 0 Å². The fourth-order valence-corrected chi connectivity index (χ4v) is 1.93. The van der Waals surface area contributed by atoms with Crippen LogP contribution in [0, 0.1) is 5.41 Å². The maximum absolute atomic E-state index is 12.5. The molecule has 0 saturated carbocycles. The molecule has 0 aromatic rings. The van der Waals surface area contributed by atoms with Gasteiger partial charge >= 0.3 is 0 Å². The van der Waals surface area contributed by atoms with Crippen molar-refractivity contribution in [3.63, 3.8) is 0 Å². The third-order valence-corrected chi connectivity index (χ3v) is 3.61. The standard InChI is InChI=1S/C11H20N4O3/c1-4-11(3,9(12)14-18)10(17)15-6-5-13-8(16)7(15)2/h7,18H,4-6H2,1-3H3,(H2,12,14)(H,13,16). The second-order valence-corrected chi connectivity index (χ2v) is 4.64. The van der Waals surface area contributed by atoms with Crippen molar-refractivity contribution in [2.45, 2.75) is 33.2 Å². The Bertz CT molecular complexity index is 382. The molecule has 0 aromatic heterocycles. The van der Waals surface area contributed by atoms with Gasteiger partial charge in [0.25, 0.3) is 0 Å². The van der Waals surface area contributed by atoms with Gasteiger partial charge in [-0.1, -0.05) is 12.1 Å². The van der Waals surface area contributed by atoms with Gasteiger partial charge in [-0.2, -0.15) is 0 Å². The highest BCUT2D eigenvalue weighted by Gasteiger charge is 2.42. The predicted molar refractivity (Wildman–Crippen MR) is 66.0 cm³/mol. The highest BCUT2D eigenvalue weighted by molar-refractivity contribution is 6.07. The summed E-state index contributed by atoms with van der Waals surface area (Å²) < 4.78 is 0. The first-order valence-electron chi connectivity index (χ1n) is 5.95. The van der Waals surface area contributed by atoms with Crippen molar-refractivity contribution < 1.29 is 14.8 Å². The summed E-state index contributed by atoms with van der Waals surface area (Å²) in [7, 11) is 0. The molecular weight excluding hydrogens is 236 g/mol. The molecule has 2 unspecified atom stereocenters. The first kappa shape index (κ1) is 14.3. The summed E-state index contributed by atoms with van der Waals surface area (Å²) >= 11 is 0. The van der Waals surface area contributed by atoms with E-state index in [9.17, 15) is 9.59 Å². The van der Waals surface area contributed by atoms with E-state index < -0.39 is 11.5 Å². The van der Waals surface area contributed by atoms with Crippen LogP contribution in [-0.2, 0) is 9.59 Å². The smallest absolute Gasteiger partial charge is 0.242 e. The summed E-state index contributed by atoms with van der Waals surface area (Å²) in [6, 6.07) is -0.538. The topological polar surface area (TPSA) is 108 Å². The molecule has 102 valence electrons. The number of hydrogen-bond acceptors (Lipinski definition) is 4. The quantitative estimate of drug-likeness (QED) is 0.274. The third kappa shape index (κ3) is 2.25. The van der Waals surface area contributed by atoms with E-state index in [1.54, 1.807) is 20.8 Å². The number of oxime groups is 1. The molecule has 0 spiro atoms. The minimum Gasteiger partial charge on any atom is -0.409 e. The number of nitrogens with one attached hydrogen (secondary N) is 1. The van der Waals surface area contributed by atoms with Gasteiger partial charge < -0.3 is 21.2 Å². The molecule has 7 nitrogen and oxygen atoms in total. The summed E-state index contributed by atoms with van der Waals surface area (Å²) in [5.41, 5.74) is 4.52. The lowest BCUT2D eigenvalue weighted by molar-refractivity contribution is -0.147. The number of piperazine rings is 1. The van der Waals surface area contributed by atoms with Crippen molar-refractivity contribution >= 4 is 17.6 Å². The molecule has 1 rings (SSSR count). The largest absolute Gasteiger partial charge is 0.409 e. The average molecular weight is 256 g/mol. The van der Waals surface area contributed by atoms with Gasteiger partial charge in [-0.3, -0.25) is 9.59 Å². The van der Waals surface area contributed by atoms with Gasteiger partial charge in [0.15, 0.2) is 5.84 Å². The predicted octanol–water partition coefficient (Wildman–Crippen LogP) is -0.504. The van der Waals surface area contributed by atoms with Gasteiger partial charge in [-0.25, -0.2) is 0 Å². The van der Waals surface area contributed by atoms with Crippen LogP contribution in [0.1, 0.15) is 27.2 Å². The highest BCUT2D eigenvalue weighted by Crippen LogP contribution is 2.26. The third-order valence-electron chi connectivity index (χ3n) is 3.61. The summed E-state index contributed by atoms with van der Waals surface area (Å²) in [5.74, 6) is -0.608. The van der Waals surface area contributed by atoms with Gasteiger partial charge in [-0.05, 0) is 20.3 Å². The molecule has 1 aliphatic rings. The Morgan fingerprint density at radius 1 is 1.72 bits per heavy atom. The number of carbonyl (C=O) groups excluding carboxylic acids is 2. The van der Waals surface area contributed by atoms with Crippen LogP contribution in [0.25, 0.3) is 0 Å². The summed E-state index contributed by atoms with van der Waals surface area (Å²) in [5, 5.41) is 14.4. The summed E-state index contributed by atoms with van der Waals surface area (Å²) in [4.78, 5) is 25.5. The molecule has 0 radical (unpaired) electrons. The van der Waals surface area contributed by atoms with Crippen LogP contribution in [0.5, 0.6) is 0 Å². The number of hydrogen-bond donors (Lipinski definition) is 3. The first-order valence-corrected chi connectivity index (χ1v) is 5.95. The van der Waals surface area contributed by atoms with Gasteiger partial charge in [0, 0.05) is 13.1 Å². The van der Waals surface area contributed by atoms with Crippen LogP contribution in [0.4, 0.5) is 0 Å². The number of amides is 2. The summed E-state index contributed by atoms with van der Waals surface area (Å²) in [6.07, 6.45) is 0.395. The highest BCUT2D eigenvalue weighted by atomic mass is 16.4. The SMILES string of the molecule is CCC(C)(C(=O)N1CCNC(=O)C1C)C(N)=NO. The van der Waals surface area contributed by atoms with E-state index >= 15 is 0 Å². The average Bonchev–Trinajstić information content (AvgIpc) is 2.39. The van der Waals surface area contributed by atoms with Crippen LogP contribution in [0.3, 0.4) is 0 Å². The molecule has 0 bridgehead atoms. The molecule has 1 saturated heterocycles. The Kier molecular flexibility index (Phi) is 4.15. The fourth-order valence-electron chi connectivity index (χ4n) is 1.93. The number of amidine groups is 1. The van der Waals surface area contributed by atoms with Crippen LogP contribution < -0.4 is 11.1 Å². The van der Waals surface area contributed by atoms with E-state index in [-0.39, 0.29) is 17.6 Å². The monoisotopic (exact) mass is 256 g/mol. The van der Waals surface area contributed by atoms with Crippen LogP contribution in [0.2, 0.25) is 0 Å². The molecule has 7 heteroatoms.